The molecule has 0 saturated heterocycles. The third-order valence-corrected chi connectivity index (χ3v) is 1.47. The number of carbonyl (C=O) groups is 1. The van der Waals surface area contributed by atoms with Crippen LogP contribution in [0.2, 0.25) is 0 Å². The molecule has 1 atom stereocenters. The average molecular weight is 205 g/mol. The van der Waals surface area contributed by atoms with Crippen LogP contribution in [-0.2, 0) is 9.53 Å². The van der Waals surface area contributed by atoms with Crippen molar-refractivity contribution in [1.29, 1.82) is 0 Å². The Hall–Kier alpha value is -1.17. The maximum absolute atomic E-state index is 10.9. The number of ether oxygens (including phenoxy) is 1. The van der Waals surface area contributed by atoms with Gasteiger partial charge in [-0.3, -0.25) is 14.9 Å². The predicted molar refractivity (Wildman–Crippen MR) is 48.4 cm³/mol. The third-order valence-electron chi connectivity index (χ3n) is 1.47. The normalized spacial score (nSPS) is 14.5. The van der Waals surface area contributed by atoms with Gasteiger partial charge in [-0.1, -0.05) is 6.92 Å². The van der Waals surface area contributed by atoms with Crippen molar-refractivity contribution >= 4 is 5.97 Å². The molecule has 82 valence electrons. The topological polar surface area (TPSA) is 89.7 Å². The fraction of sp³-hybridized carbons (Fsp3) is 0.875. The lowest BCUT2D eigenvalue weighted by Gasteiger charge is -2.17. The molecule has 0 amide bonds. The molecule has 0 heterocycles. The first-order valence-corrected chi connectivity index (χ1v) is 4.37. The Labute approximate surface area is 82.0 Å². The van der Waals surface area contributed by atoms with E-state index >= 15 is 0 Å². The first-order chi connectivity index (χ1) is 6.37. The van der Waals surface area contributed by atoms with Crippen LogP contribution in [0.4, 0.5) is 0 Å². The van der Waals surface area contributed by atoms with Gasteiger partial charge >= 0.3 is 5.97 Å². The van der Waals surface area contributed by atoms with Crippen molar-refractivity contribution in [3.05, 3.63) is 10.1 Å². The number of esters is 1. The zero-order valence-electron chi connectivity index (χ0n) is 8.36. The largest absolute Gasteiger partial charge is 0.462 e. The molecule has 0 aliphatic heterocycles. The minimum Gasteiger partial charge on any atom is -0.462 e. The van der Waals surface area contributed by atoms with E-state index in [1.807, 2.05) is 6.92 Å². The third kappa shape index (κ3) is 6.36. The summed E-state index contributed by atoms with van der Waals surface area (Å²) >= 11 is 0. The maximum atomic E-state index is 10.9. The summed E-state index contributed by atoms with van der Waals surface area (Å²) in [4.78, 5) is 20.3. The second-order valence-corrected chi connectivity index (χ2v) is 3.40. The molecule has 0 rings (SSSR count). The molecule has 1 N–H and O–H groups in total. The van der Waals surface area contributed by atoms with Crippen LogP contribution < -0.4 is 0 Å². The summed E-state index contributed by atoms with van der Waals surface area (Å²) in [7, 11) is 0. The zero-order valence-corrected chi connectivity index (χ0v) is 8.36. The number of hydrogen-bond acceptors (Lipinski definition) is 5. The summed E-state index contributed by atoms with van der Waals surface area (Å²) in [5, 5.41) is 19.5. The van der Waals surface area contributed by atoms with E-state index in [2.05, 4.69) is 4.74 Å². The summed E-state index contributed by atoms with van der Waals surface area (Å²) in [6.45, 7) is 2.10. The van der Waals surface area contributed by atoms with Crippen LogP contribution in [0, 0.1) is 10.1 Å². The highest BCUT2D eigenvalue weighted by Gasteiger charge is 2.28. The van der Waals surface area contributed by atoms with E-state index in [-0.39, 0.29) is 13.0 Å². The van der Waals surface area contributed by atoms with Crippen molar-refractivity contribution in [2.45, 2.75) is 32.3 Å². The highest BCUT2D eigenvalue weighted by Crippen LogP contribution is 2.05. The van der Waals surface area contributed by atoms with Crippen LogP contribution >= 0.6 is 0 Å². The molecule has 0 bridgehead atoms. The van der Waals surface area contributed by atoms with Crippen molar-refractivity contribution in [3.63, 3.8) is 0 Å². The molecular formula is C8H15NO5. The van der Waals surface area contributed by atoms with Crippen LogP contribution in [0.25, 0.3) is 0 Å². The van der Waals surface area contributed by atoms with Crippen LogP contribution in [-0.4, -0.2) is 34.8 Å². The summed E-state index contributed by atoms with van der Waals surface area (Å²) < 4.78 is 4.65. The van der Waals surface area contributed by atoms with Crippen LogP contribution in [0.15, 0.2) is 0 Å². The Kier molecular flexibility index (Phi) is 5.07. The molecule has 0 aromatic carbocycles. The van der Waals surface area contributed by atoms with Crippen molar-refractivity contribution < 1.29 is 19.6 Å². The fourth-order valence-corrected chi connectivity index (χ4v) is 0.836. The molecule has 6 nitrogen and oxygen atoms in total. The molecule has 0 aliphatic rings. The van der Waals surface area contributed by atoms with Gasteiger partial charge in [-0.25, -0.2) is 0 Å². The smallest absolute Gasteiger partial charge is 0.305 e. The Morgan fingerprint density at radius 2 is 2.21 bits per heavy atom. The van der Waals surface area contributed by atoms with Gasteiger partial charge in [0.2, 0.25) is 6.54 Å². The molecule has 0 aromatic rings. The Morgan fingerprint density at radius 1 is 1.64 bits per heavy atom. The van der Waals surface area contributed by atoms with Crippen LogP contribution in [0.5, 0.6) is 0 Å². The summed E-state index contributed by atoms with van der Waals surface area (Å²) in [6, 6.07) is 0. The molecule has 1 unspecified atom stereocenters. The Balaban J connectivity index is 3.86. The lowest BCUT2D eigenvalue weighted by atomic mass is 10.1. The minimum atomic E-state index is -1.59. The van der Waals surface area contributed by atoms with Crippen molar-refractivity contribution in [2.75, 3.05) is 13.2 Å². The van der Waals surface area contributed by atoms with Crippen molar-refractivity contribution in [1.82, 2.24) is 0 Å². The number of nitro groups is 1. The van der Waals surface area contributed by atoms with E-state index in [0.717, 1.165) is 0 Å². The van der Waals surface area contributed by atoms with Gasteiger partial charge < -0.3 is 9.84 Å². The van der Waals surface area contributed by atoms with Crippen LogP contribution in [0.1, 0.15) is 26.7 Å². The second kappa shape index (κ2) is 5.54. The number of aliphatic hydroxyl groups is 1. The number of nitrogens with zero attached hydrogens (tertiary/aromatic N) is 1. The van der Waals surface area contributed by atoms with E-state index in [1.54, 1.807) is 0 Å². The van der Waals surface area contributed by atoms with Gasteiger partial charge in [0.1, 0.15) is 6.61 Å². The van der Waals surface area contributed by atoms with Gasteiger partial charge in [0.25, 0.3) is 0 Å². The van der Waals surface area contributed by atoms with Gasteiger partial charge in [0.15, 0.2) is 5.60 Å². The van der Waals surface area contributed by atoms with Gasteiger partial charge in [-0.05, 0) is 13.3 Å². The lowest BCUT2D eigenvalue weighted by Crippen LogP contribution is -2.39. The average Bonchev–Trinajstić information content (AvgIpc) is 1.99. The molecule has 14 heavy (non-hydrogen) atoms. The summed E-state index contributed by atoms with van der Waals surface area (Å²) in [5.74, 6) is -0.448. The molecular weight excluding hydrogens is 190 g/mol. The standard InChI is InChI=1S/C8H15NO5/c1-3-4-7(10)14-6-8(2,11)5-9(12)13/h11H,3-6H2,1-2H3. The molecule has 0 fully saturated rings. The highest BCUT2D eigenvalue weighted by molar-refractivity contribution is 5.69. The highest BCUT2D eigenvalue weighted by atomic mass is 16.6. The van der Waals surface area contributed by atoms with E-state index in [1.165, 1.54) is 6.92 Å². The first-order valence-electron chi connectivity index (χ1n) is 4.37. The summed E-state index contributed by atoms with van der Waals surface area (Å²) in [5.41, 5.74) is -1.59. The van der Waals surface area contributed by atoms with Gasteiger partial charge in [-0.2, -0.15) is 0 Å². The molecule has 0 aromatic heterocycles. The van der Waals surface area contributed by atoms with E-state index in [0.29, 0.717) is 6.42 Å². The Morgan fingerprint density at radius 3 is 2.64 bits per heavy atom. The van der Waals surface area contributed by atoms with Gasteiger partial charge in [-0.15, -0.1) is 0 Å². The first kappa shape index (κ1) is 12.8. The van der Waals surface area contributed by atoms with E-state index in [4.69, 9.17) is 0 Å². The minimum absolute atomic E-state index is 0.258. The molecule has 6 heteroatoms. The summed E-state index contributed by atoms with van der Waals surface area (Å²) in [6.07, 6.45) is 0.907. The zero-order chi connectivity index (χ0) is 11.2. The van der Waals surface area contributed by atoms with Crippen LogP contribution in [0.3, 0.4) is 0 Å². The van der Waals surface area contributed by atoms with E-state index < -0.39 is 23.0 Å². The van der Waals surface area contributed by atoms with Gasteiger partial charge in [0, 0.05) is 11.3 Å². The predicted octanol–water partition coefficient (Wildman–Crippen LogP) is 0.357. The van der Waals surface area contributed by atoms with Gasteiger partial charge in [0.05, 0.1) is 0 Å². The fourth-order valence-electron chi connectivity index (χ4n) is 0.836. The molecule has 0 aliphatic carbocycles. The number of carbonyl (C=O) groups excluding carboxylic acids is 1. The monoisotopic (exact) mass is 205 g/mol. The molecule has 0 radical (unpaired) electrons. The van der Waals surface area contributed by atoms with E-state index in [9.17, 15) is 20.0 Å². The van der Waals surface area contributed by atoms with Crippen molar-refractivity contribution in [3.8, 4) is 0 Å². The lowest BCUT2D eigenvalue weighted by molar-refractivity contribution is -0.500. The molecule has 0 saturated carbocycles. The maximum Gasteiger partial charge on any atom is 0.305 e. The van der Waals surface area contributed by atoms with Crippen molar-refractivity contribution in [2.24, 2.45) is 0 Å². The SMILES string of the molecule is CCCC(=O)OCC(C)(O)C[N+](=O)[O-]. The number of hydrogen-bond donors (Lipinski definition) is 1. The Bertz CT molecular complexity index is 214. The quantitative estimate of drug-likeness (QED) is 0.384. The molecule has 0 spiro atoms. The number of rotatable bonds is 6. The second-order valence-electron chi connectivity index (χ2n) is 3.40.